The van der Waals surface area contributed by atoms with Gasteiger partial charge in [-0.05, 0) is 38.2 Å². The van der Waals surface area contributed by atoms with Crippen molar-refractivity contribution in [1.82, 2.24) is 0 Å². The average molecular weight is 178 g/mol. The molecule has 1 heteroatoms. The van der Waals surface area contributed by atoms with Crippen LogP contribution in [0.3, 0.4) is 0 Å². The van der Waals surface area contributed by atoms with Crippen molar-refractivity contribution in [2.75, 3.05) is 0 Å². The molecule has 2 atom stereocenters. The van der Waals surface area contributed by atoms with Gasteiger partial charge >= 0.3 is 0 Å². The normalized spacial score (nSPS) is 29.5. The molecule has 1 rings (SSSR count). The lowest BCUT2D eigenvalue weighted by Crippen LogP contribution is -2.21. The van der Waals surface area contributed by atoms with Crippen LogP contribution in [0.15, 0.2) is 23.8 Å². The molecule has 0 spiro atoms. The van der Waals surface area contributed by atoms with Crippen LogP contribution in [0, 0.1) is 11.8 Å². The van der Waals surface area contributed by atoms with E-state index in [0.29, 0.717) is 17.6 Å². The summed E-state index contributed by atoms with van der Waals surface area (Å²) in [6.07, 6.45) is 7.88. The minimum atomic E-state index is 0.293. The SMILES string of the molecule is C/C=C/CC1C(C)=CC(=O)CC1C. The average Bonchev–Trinajstić information content (AvgIpc) is 2.02. The molecule has 1 aliphatic carbocycles. The third-order valence-electron chi connectivity index (χ3n) is 2.81. The molecule has 0 amide bonds. The Morgan fingerprint density at radius 2 is 2.31 bits per heavy atom. The van der Waals surface area contributed by atoms with Gasteiger partial charge in [-0.25, -0.2) is 0 Å². The molecule has 0 bridgehead atoms. The fourth-order valence-corrected chi connectivity index (χ4v) is 2.03. The molecule has 72 valence electrons. The molecule has 1 aliphatic rings. The van der Waals surface area contributed by atoms with Crippen LogP contribution in [0.5, 0.6) is 0 Å². The van der Waals surface area contributed by atoms with E-state index in [4.69, 9.17) is 0 Å². The van der Waals surface area contributed by atoms with E-state index in [2.05, 4.69) is 26.0 Å². The van der Waals surface area contributed by atoms with Gasteiger partial charge in [-0.15, -0.1) is 0 Å². The van der Waals surface area contributed by atoms with Crippen molar-refractivity contribution in [1.29, 1.82) is 0 Å². The van der Waals surface area contributed by atoms with Crippen LogP contribution in [-0.2, 0) is 4.79 Å². The van der Waals surface area contributed by atoms with Crippen LogP contribution in [0.2, 0.25) is 0 Å². The zero-order valence-electron chi connectivity index (χ0n) is 8.71. The van der Waals surface area contributed by atoms with Gasteiger partial charge in [0.15, 0.2) is 5.78 Å². The van der Waals surface area contributed by atoms with E-state index in [-0.39, 0.29) is 0 Å². The number of hydrogen-bond acceptors (Lipinski definition) is 1. The Morgan fingerprint density at radius 3 is 2.85 bits per heavy atom. The molecular weight excluding hydrogens is 160 g/mol. The Labute approximate surface area is 80.5 Å². The number of carbonyl (C=O) groups excluding carboxylic acids is 1. The van der Waals surface area contributed by atoms with Gasteiger partial charge < -0.3 is 0 Å². The summed E-state index contributed by atoms with van der Waals surface area (Å²) in [5.74, 6) is 1.38. The minimum absolute atomic E-state index is 0.293. The molecule has 0 aromatic rings. The van der Waals surface area contributed by atoms with Crippen LogP contribution in [0.1, 0.15) is 33.6 Å². The highest BCUT2D eigenvalue weighted by Gasteiger charge is 2.24. The van der Waals surface area contributed by atoms with E-state index in [0.717, 1.165) is 12.8 Å². The number of hydrogen-bond donors (Lipinski definition) is 0. The molecule has 0 saturated heterocycles. The van der Waals surface area contributed by atoms with E-state index in [1.165, 1.54) is 5.57 Å². The van der Waals surface area contributed by atoms with Crippen molar-refractivity contribution in [2.45, 2.75) is 33.6 Å². The van der Waals surface area contributed by atoms with Gasteiger partial charge in [-0.1, -0.05) is 24.6 Å². The Kier molecular flexibility index (Phi) is 3.47. The Morgan fingerprint density at radius 1 is 1.62 bits per heavy atom. The maximum absolute atomic E-state index is 11.2. The summed E-state index contributed by atoms with van der Waals surface area (Å²) in [5.41, 5.74) is 1.25. The number of carbonyl (C=O) groups is 1. The summed E-state index contributed by atoms with van der Waals surface area (Å²) in [4.78, 5) is 11.2. The summed E-state index contributed by atoms with van der Waals surface area (Å²) in [6, 6.07) is 0. The lowest BCUT2D eigenvalue weighted by Gasteiger charge is -2.26. The highest BCUT2D eigenvalue weighted by atomic mass is 16.1. The van der Waals surface area contributed by atoms with E-state index in [1.54, 1.807) is 0 Å². The molecular formula is C12H18O. The highest BCUT2D eigenvalue weighted by molar-refractivity contribution is 5.91. The van der Waals surface area contributed by atoms with Gasteiger partial charge in [0, 0.05) is 6.42 Å². The standard InChI is InChI=1S/C12H18O/c1-4-5-6-12-9(2)7-11(13)8-10(12)3/h4-5,7,10,12H,6,8H2,1-3H3/b5-4+. The van der Waals surface area contributed by atoms with Gasteiger partial charge in [0.2, 0.25) is 0 Å². The number of rotatable bonds is 2. The lowest BCUT2D eigenvalue weighted by atomic mass is 9.78. The Hall–Kier alpha value is -0.850. The first-order chi connectivity index (χ1) is 6.15. The van der Waals surface area contributed by atoms with Crippen LogP contribution in [0.25, 0.3) is 0 Å². The number of ketones is 1. The Bertz CT molecular complexity index is 248. The molecule has 0 N–H and O–H groups in total. The summed E-state index contributed by atoms with van der Waals surface area (Å²) in [7, 11) is 0. The molecule has 0 saturated carbocycles. The molecule has 0 heterocycles. The molecule has 13 heavy (non-hydrogen) atoms. The van der Waals surface area contributed by atoms with Crippen LogP contribution < -0.4 is 0 Å². The number of allylic oxidation sites excluding steroid dienone is 4. The lowest BCUT2D eigenvalue weighted by molar-refractivity contribution is -0.116. The monoisotopic (exact) mass is 178 g/mol. The molecule has 1 nitrogen and oxygen atoms in total. The predicted molar refractivity (Wildman–Crippen MR) is 55.5 cm³/mol. The van der Waals surface area contributed by atoms with Crippen LogP contribution >= 0.6 is 0 Å². The van der Waals surface area contributed by atoms with Crippen molar-refractivity contribution < 1.29 is 4.79 Å². The molecule has 0 radical (unpaired) electrons. The first-order valence-electron chi connectivity index (χ1n) is 4.97. The van der Waals surface area contributed by atoms with Crippen molar-refractivity contribution >= 4 is 5.78 Å². The summed E-state index contributed by atoms with van der Waals surface area (Å²) in [6.45, 7) is 6.28. The fourth-order valence-electron chi connectivity index (χ4n) is 2.03. The topological polar surface area (TPSA) is 17.1 Å². The predicted octanol–water partition coefficient (Wildman–Crippen LogP) is 3.12. The zero-order valence-corrected chi connectivity index (χ0v) is 8.71. The van der Waals surface area contributed by atoms with Gasteiger partial charge in [0.1, 0.15) is 0 Å². The maximum atomic E-state index is 11.2. The van der Waals surface area contributed by atoms with Crippen molar-refractivity contribution in [3.8, 4) is 0 Å². The molecule has 0 fully saturated rings. The van der Waals surface area contributed by atoms with Gasteiger partial charge in [0.05, 0.1) is 0 Å². The smallest absolute Gasteiger partial charge is 0.155 e. The van der Waals surface area contributed by atoms with Crippen molar-refractivity contribution in [3.05, 3.63) is 23.8 Å². The second kappa shape index (κ2) is 4.40. The molecule has 2 unspecified atom stereocenters. The second-order valence-electron chi connectivity index (χ2n) is 3.95. The first-order valence-corrected chi connectivity index (χ1v) is 4.97. The summed E-state index contributed by atoms with van der Waals surface area (Å²) in [5, 5.41) is 0. The molecule has 0 aromatic carbocycles. The van der Waals surface area contributed by atoms with Crippen molar-refractivity contribution in [2.24, 2.45) is 11.8 Å². The third kappa shape index (κ3) is 2.55. The molecule has 0 aromatic heterocycles. The van der Waals surface area contributed by atoms with Gasteiger partial charge in [-0.3, -0.25) is 4.79 Å². The van der Waals surface area contributed by atoms with E-state index in [1.807, 2.05) is 13.0 Å². The quantitative estimate of drug-likeness (QED) is 0.594. The van der Waals surface area contributed by atoms with E-state index < -0.39 is 0 Å². The first kappa shape index (κ1) is 10.2. The van der Waals surface area contributed by atoms with E-state index >= 15 is 0 Å². The molecule has 0 aliphatic heterocycles. The summed E-state index contributed by atoms with van der Waals surface area (Å²) < 4.78 is 0. The summed E-state index contributed by atoms with van der Waals surface area (Å²) >= 11 is 0. The second-order valence-corrected chi connectivity index (χ2v) is 3.95. The highest BCUT2D eigenvalue weighted by Crippen LogP contribution is 2.31. The van der Waals surface area contributed by atoms with Gasteiger partial charge in [-0.2, -0.15) is 0 Å². The minimum Gasteiger partial charge on any atom is -0.295 e. The largest absolute Gasteiger partial charge is 0.295 e. The maximum Gasteiger partial charge on any atom is 0.155 e. The van der Waals surface area contributed by atoms with Crippen LogP contribution in [0.4, 0.5) is 0 Å². The zero-order chi connectivity index (χ0) is 9.84. The van der Waals surface area contributed by atoms with Gasteiger partial charge in [0.25, 0.3) is 0 Å². The third-order valence-corrected chi connectivity index (χ3v) is 2.81. The van der Waals surface area contributed by atoms with Crippen LogP contribution in [-0.4, -0.2) is 5.78 Å². The fraction of sp³-hybridized carbons (Fsp3) is 0.583. The van der Waals surface area contributed by atoms with E-state index in [9.17, 15) is 4.79 Å². The Balaban J connectivity index is 2.71. The van der Waals surface area contributed by atoms with Crippen molar-refractivity contribution in [3.63, 3.8) is 0 Å².